The second-order valence-electron chi connectivity index (χ2n) is 6.65. The second kappa shape index (κ2) is 12.0. The Labute approximate surface area is 177 Å². The zero-order valence-corrected chi connectivity index (χ0v) is 17.4. The summed E-state index contributed by atoms with van der Waals surface area (Å²) in [5, 5.41) is 10.4. The van der Waals surface area contributed by atoms with Crippen molar-refractivity contribution >= 4 is 17.3 Å². The van der Waals surface area contributed by atoms with Crippen LogP contribution in [0.3, 0.4) is 0 Å². The number of nitrogens with zero attached hydrogens (tertiary/aromatic N) is 2. The first-order valence-corrected chi connectivity index (χ1v) is 10.3. The molecule has 0 unspecified atom stereocenters. The minimum Gasteiger partial charge on any atom is -0.475 e. The summed E-state index contributed by atoms with van der Waals surface area (Å²) in [7, 11) is 1.72. The monoisotopic (exact) mass is 446 g/mol. The number of carboxylic acid groups (broad SMARTS) is 1. The first kappa shape index (κ1) is 24.3. The highest BCUT2D eigenvalue weighted by Crippen LogP contribution is 2.26. The molecule has 166 valence electrons. The van der Waals surface area contributed by atoms with E-state index in [0.29, 0.717) is 19.3 Å². The summed E-state index contributed by atoms with van der Waals surface area (Å²) in [5.41, 5.74) is 1.36. The number of halogens is 3. The third-order valence-corrected chi connectivity index (χ3v) is 5.33. The fourth-order valence-corrected chi connectivity index (χ4v) is 3.82. The fraction of sp³-hybridized carbons (Fsp3) is 0.500. The number of thiazole rings is 1. The van der Waals surface area contributed by atoms with Crippen molar-refractivity contribution in [3.8, 4) is 0 Å². The van der Waals surface area contributed by atoms with Crippen molar-refractivity contribution < 1.29 is 32.5 Å². The van der Waals surface area contributed by atoms with E-state index in [1.807, 2.05) is 11.6 Å². The van der Waals surface area contributed by atoms with Crippen molar-refractivity contribution in [2.24, 2.45) is 0 Å². The zero-order valence-electron chi connectivity index (χ0n) is 16.5. The summed E-state index contributed by atoms with van der Waals surface area (Å²) in [5.74, 6) is -2.76. The van der Waals surface area contributed by atoms with Gasteiger partial charge in [-0.1, -0.05) is 30.3 Å². The van der Waals surface area contributed by atoms with Crippen molar-refractivity contribution in [3.05, 3.63) is 52.5 Å². The predicted octanol–water partition coefficient (Wildman–Crippen LogP) is 3.63. The molecule has 2 atom stereocenters. The lowest BCUT2D eigenvalue weighted by Gasteiger charge is -2.27. The zero-order chi connectivity index (χ0) is 22.0. The van der Waals surface area contributed by atoms with E-state index in [0.717, 1.165) is 25.9 Å². The van der Waals surface area contributed by atoms with E-state index >= 15 is 0 Å². The third kappa shape index (κ3) is 8.02. The number of likely N-dealkylation sites (tertiary alicyclic amines) is 1. The average molecular weight is 446 g/mol. The molecule has 0 saturated carbocycles. The Balaban J connectivity index is 0.000000396. The number of aromatic nitrogens is 1. The number of carboxylic acids is 1. The molecule has 0 spiro atoms. The van der Waals surface area contributed by atoms with Gasteiger partial charge in [0.15, 0.2) is 0 Å². The smallest absolute Gasteiger partial charge is 0.475 e. The van der Waals surface area contributed by atoms with Gasteiger partial charge in [0.25, 0.3) is 0 Å². The molecule has 1 aromatic heterocycles. The van der Waals surface area contributed by atoms with Gasteiger partial charge in [-0.05, 0) is 18.4 Å². The number of methoxy groups -OCH3 is 1. The normalized spacial score (nSPS) is 19.3. The van der Waals surface area contributed by atoms with E-state index in [1.54, 1.807) is 18.4 Å². The first-order valence-electron chi connectivity index (χ1n) is 9.38. The highest BCUT2D eigenvalue weighted by atomic mass is 32.1. The molecule has 2 aromatic rings. The van der Waals surface area contributed by atoms with Crippen molar-refractivity contribution in [1.29, 1.82) is 0 Å². The van der Waals surface area contributed by atoms with E-state index in [4.69, 9.17) is 19.4 Å². The fourth-order valence-electron chi connectivity index (χ4n) is 3.18. The Hall–Kier alpha value is -2.01. The molecule has 1 aliphatic heterocycles. The molecular weight excluding hydrogens is 421 g/mol. The van der Waals surface area contributed by atoms with Gasteiger partial charge in [-0.25, -0.2) is 9.78 Å². The molecule has 1 aromatic carbocycles. The molecule has 0 aliphatic carbocycles. The lowest BCUT2D eigenvalue weighted by molar-refractivity contribution is -0.192. The van der Waals surface area contributed by atoms with Crippen LogP contribution in [0.1, 0.15) is 17.0 Å². The maximum atomic E-state index is 10.6. The van der Waals surface area contributed by atoms with Gasteiger partial charge in [0.1, 0.15) is 5.01 Å². The van der Waals surface area contributed by atoms with Crippen LogP contribution in [-0.2, 0) is 27.2 Å². The first-order chi connectivity index (χ1) is 14.3. The van der Waals surface area contributed by atoms with Crippen molar-refractivity contribution in [2.75, 3.05) is 26.9 Å². The maximum absolute atomic E-state index is 10.6. The molecule has 30 heavy (non-hydrogen) atoms. The van der Waals surface area contributed by atoms with Gasteiger partial charge in [0.05, 0.1) is 25.9 Å². The molecule has 6 nitrogen and oxygen atoms in total. The Morgan fingerprint density at radius 2 is 2.00 bits per heavy atom. The maximum Gasteiger partial charge on any atom is 0.490 e. The van der Waals surface area contributed by atoms with Gasteiger partial charge in [-0.15, -0.1) is 11.3 Å². The molecule has 1 aliphatic rings. The van der Waals surface area contributed by atoms with Crippen molar-refractivity contribution in [1.82, 2.24) is 9.88 Å². The molecule has 1 saturated heterocycles. The summed E-state index contributed by atoms with van der Waals surface area (Å²) in [6.07, 6.45) is -0.837. The van der Waals surface area contributed by atoms with Crippen molar-refractivity contribution in [3.63, 3.8) is 0 Å². The molecule has 0 radical (unpaired) electrons. The lowest BCUT2D eigenvalue weighted by Crippen LogP contribution is -2.38. The standard InChI is InChI=1S/C18H24N2O2S.C2HF3O2/c1-21-10-11-22-17-7-9-20(14-18-19-8-12-23-18)16(17)13-15-5-3-2-4-6-15;3-2(4,5)1(6)7/h2-6,8,12,16-17H,7,9-11,13-14H2,1H3;(H,6,7)/t16-,17+;/m0./s1. The van der Waals surface area contributed by atoms with Crippen LogP contribution in [0, 0.1) is 0 Å². The minimum absolute atomic E-state index is 0.269. The summed E-state index contributed by atoms with van der Waals surface area (Å²) in [4.78, 5) is 15.9. The molecular formula is C20H25F3N2O4S. The molecule has 2 heterocycles. The summed E-state index contributed by atoms with van der Waals surface area (Å²) >= 11 is 1.73. The van der Waals surface area contributed by atoms with Crippen LogP contribution >= 0.6 is 11.3 Å². The van der Waals surface area contributed by atoms with Crippen LogP contribution in [0.25, 0.3) is 0 Å². The number of hydrogen-bond donors (Lipinski definition) is 1. The Kier molecular flexibility index (Phi) is 9.70. The van der Waals surface area contributed by atoms with Gasteiger partial charge in [-0.3, -0.25) is 4.90 Å². The van der Waals surface area contributed by atoms with Crippen LogP contribution in [-0.4, -0.2) is 66.2 Å². The van der Waals surface area contributed by atoms with Crippen LogP contribution in [0.15, 0.2) is 41.9 Å². The third-order valence-electron chi connectivity index (χ3n) is 4.57. The van der Waals surface area contributed by atoms with Gasteiger partial charge in [0, 0.05) is 31.3 Å². The lowest BCUT2D eigenvalue weighted by atomic mass is 10.0. The Morgan fingerprint density at radius 1 is 1.30 bits per heavy atom. The van der Waals surface area contributed by atoms with Crippen LogP contribution in [0.2, 0.25) is 0 Å². The number of rotatable bonds is 8. The number of hydrogen-bond acceptors (Lipinski definition) is 6. The number of alkyl halides is 3. The van der Waals surface area contributed by atoms with Crippen LogP contribution in [0.4, 0.5) is 13.2 Å². The molecule has 0 amide bonds. The van der Waals surface area contributed by atoms with Crippen molar-refractivity contribution in [2.45, 2.75) is 37.7 Å². The van der Waals surface area contributed by atoms with E-state index in [-0.39, 0.29) is 6.10 Å². The number of carbonyl (C=O) groups is 1. The summed E-state index contributed by atoms with van der Waals surface area (Å²) in [6.45, 7) is 3.30. The van der Waals surface area contributed by atoms with Gasteiger partial charge < -0.3 is 14.6 Å². The number of ether oxygens (including phenoxy) is 2. The number of aliphatic carboxylic acids is 1. The topological polar surface area (TPSA) is 71.9 Å². The largest absolute Gasteiger partial charge is 0.490 e. The number of benzene rings is 1. The van der Waals surface area contributed by atoms with E-state index in [9.17, 15) is 13.2 Å². The Bertz CT molecular complexity index is 744. The van der Waals surface area contributed by atoms with E-state index < -0.39 is 12.1 Å². The molecule has 1 fully saturated rings. The van der Waals surface area contributed by atoms with Gasteiger partial charge in [0.2, 0.25) is 0 Å². The minimum atomic E-state index is -5.08. The highest BCUT2D eigenvalue weighted by Gasteiger charge is 2.38. The SMILES string of the molecule is COCCO[C@@H]1CCN(Cc2nccs2)[C@H]1Cc1ccccc1.O=C(O)C(F)(F)F. The molecule has 1 N–H and O–H groups in total. The predicted molar refractivity (Wildman–Crippen MR) is 106 cm³/mol. The molecule has 0 bridgehead atoms. The highest BCUT2D eigenvalue weighted by molar-refractivity contribution is 7.09. The summed E-state index contributed by atoms with van der Waals surface area (Å²) < 4.78 is 43.0. The van der Waals surface area contributed by atoms with E-state index in [1.165, 1.54) is 10.6 Å². The van der Waals surface area contributed by atoms with Crippen LogP contribution in [0.5, 0.6) is 0 Å². The van der Waals surface area contributed by atoms with Gasteiger partial charge in [-0.2, -0.15) is 13.2 Å². The quantitative estimate of drug-likeness (QED) is 0.625. The Morgan fingerprint density at radius 3 is 2.57 bits per heavy atom. The van der Waals surface area contributed by atoms with E-state index in [2.05, 4.69) is 40.2 Å². The average Bonchev–Trinajstić information content (AvgIpc) is 3.34. The second-order valence-corrected chi connectivity index (χ2v) is 7.63. The van der Waals surface area contributed by atoms with Gasteiger partial charge >= 0.3 is 12.1 Å². The molecule has 10 heteroatoms. The van der Waals surface area contributed by atoms with Crippen LogP contribution < -0.4 is 0 Å². The summed E-state index contributed by atoms with van der Waals surface area (Å²) in [6, 6.07) is 11.1. The molecule has 3 rings (SSSR count).